The molecule has 8 heteroatoms. The lowest BCUT2D eigenvalue weighted by molar-refractivity contribution is 0.0424. The summed E-state index contributed by atoms with van der Waals surface area (Å²) in [6, 6.07) is 15.2. The minimum Gasteiger partial charge on any atom is -0.451 e. The Kier molecular flexibility index (Phi) is 5.69. The summed E-state index contributed by atoms with van der Waals surface area (Å²) in [4.78, 5) is 20.9. The van der Waals surface area contributed by atoms with Crippen molar-refractivity contribution in [1.82, 2.24) is 15.1 Å². The molecule has 0 unspecified atom stereocenters. The molecule has 0 spiro atoms. The van der Waals surface area contributed by atoms with Gasteiger partial charge in [-0.3, -0.25) is 0 Å². The number of halogens is 1. The maximum absolute atomic E-state index is 12.3. The molecule has 0 aliphatic carbocycles. The number of carbonyl (C=O) groups is 1. The fraction of sp³-hybridized carbons (Fsp3) is 0.143. The van der Waals surface area contributed by atoms with E-state index in [1.165, 1.54) is 16.9 Å². The Bertz CT molecular complexity index is 1140. The molecule has 2 aromatic carbocycles. The molecule has 0 saturated heterocycles. The second kappa shape index (κ2) is 8.55. The molecule has 0 bridgehead atoms. The van der Waals surface area contributed by atoms with E-state index in [1.54, 1.807) is 23.6 Å². The van der Waals surface area contributed by atoms with E-state index < -0.39 is 5.97 Å². The van der Waals surface area contributed by atoms with Crippen molar-refractivity contribution in [3.05, 3.63) is 76.1 Å². The lowest BCUT2D eigenvalue weighted by Crippen LogP contribution is -2.05. The summed E-state index contributed by atoms with van der Waals surface area (Å²) in [6.07, 6.45) is 0.977. The van der Waals surface area contributed by atoms with Crippen LogP contribution in [0.5, 0.6) is 0 Å². The van der Waals surface area contributed by atoms with Gasteiger partial charge in [-0.15, -0.1) is 11.3 Å². The van der Waals surface area contributed by atoms with Crippen LogP contribution < -0.4 is 0 Å². The number of thiazole rings is 1. The second-order valence-corrected chi connectivity index (χ2v) is 7.48. The normalized spacial score (nSPS) is 10.8. The first-order valence-electron chi connectivity index (χ1n) is 8.93. The summed E-state index contributed by atoms with van der Waals surface area (Å²) >= 11 is 7.36. The van der Waals surface area contributed by atoms with Crippen molar-refractivity contribution < 1.29 is 14.1 Å². The van der Waals surface area contributed by atoms with Crippen molar-refractivity contribution >= 4 is 28.9 Å². The summed E-state index contributed by atoms with van der Waals surface area (Å²) < 4.78 is 10.4. The Balaban J connectivity index is 1.39. The van der Waals surface area contributed by atoms with Crippen LogP contribution in [0.4, 0.5) is 0 Å². The molecule has 146 valence electrons. The topological polar surface area (TPSA) is 78.1 Å². The summed E-state index contributed by atoms with van der Waals surface area (Å²) in [5, 5.41) is 6.90. The number of hydrogen-bond donors (Lipinski definition) is 0. The van der Waals surface area contributed by atoms with E-state index in [4.69, 9.17) is 20.9 Å². The van der Waals surface area contributed by atoms with Crippen molar-refractivity contribution in [2.45, 2.75) is 20.0 Å². The quantitative estimate of drug-likeness (QED) is 0.383. The van der Waals surface area contributed by atoms with Gasteiger partial charge in [0.25, 0.3) is 5.89 Å². The third-order valence-electron chi connectivity index (χ3n) is 4.20. The highest BCUT2D eigenvalue weighted by atomic mass is 35.5. The fourth-order valence-electron chi connectivity index (χ4n) is 2.64. The molecule has 0 fully saturated rings. The molecule has 0 atom stereocenters. The third-order valence-corrected chi connectivity index (χ3v) is 5.33. The summed E-state index contributed by atoms with van der Waals surface area (Å²) in [7, 11) is 0. The molecule has 0 aliphatic heterocycles. The highest BCUT2D eigenvalue weighted by molar-refractivity contribution is 7.13. The molecule has 0 saturated carbocycles. The second-order valence-electron chi connectivity index (χ2n) is 6.19. The average Bonchev–Trinajstić information content (AvgIpc) is 3.42. The van der Waals surface area contributed by atoms with Crippen molar-refractivity contribution in [3.63, 3.8) is 0 Å². The molecule has 2 aromatic heterocycles. The molecule has 4 aromatic rings. The molecule has 0 radical (unpaired) electrons. The van der Waals surface area contributed by atoms with Crippen molar-refractivity contribution in [2.24, 2.45) is 0 Å². The van der Waals surface area contributed by atoms with E-state index in [0.29, 0.717) is 10.8 Å². The fourth-order valence-corrected chi connectivity index (χ4v) is 3.63. The van der Waals surface area contributed by atoms with Gasteiger partial charge in [-0.25, -0.2) is 9.78 Å². The van der Waals surface area contributed by atoms with Gasteiger partial charge in [0.2, 0.25) is 5.82 Å². The van der Waals surface area contributed by atoms with Gasteiger partial charge < -0.3 is 9.26 Å². The Hall–Kier alpha value is -3.03. The number of carbonyl (C=O) groups excluding carboxylic acids is 1. The van der Waals surface area contributed by atoms with Gasteiger partial charge in [0.05, 0.1) is 0 Å². The summed E-state index contributed by atoms with van der Waals surface area (Å²) in [5.41, 5.74) is 3.19. The lowest BCUT2D eigenvalue weighted by Gasteiger charge is -1.99. The first kappa shape index (κ1) is 19.3. The van der Waals surface area contributed by atoms with Gasteiger partial charge in [-0.2, -0.15) is 4.98 Å². The van der Waals surface area contributed by atoms with Gasteiger partial charge in [0.1, 0.15) is 5.01 Å². The van der Waals surface area contributed by atoms with Gasteiger partial charge in [-0.1, -0.05) is 60.1 Å². The van der Waals surface area contributed by atoms with Crippen molar-refractivity contribution in [3.8, 4) is 22.0 Å². The van der Waals surface area contributed by atoms with Gasteiger partial charge in [0, 0.05) is 21.5 Å². The highest BCUT2D eigenvalue weighted by Gasteiger charge is 2.16. The molecule has 4 rings (SSSR count). The van der Waals surface area contributed by atoms with Crippen LogP contribution in [0.3, 0.4) is 0 Å². The minimum atomic E-state index is -0.541. The maximum Gasteiger partial charge on any atom is 0.358 e. The number of nitrogens with zero attached hydrogens (tertiary/aromatic N) is 3. The lowest BCUT2D eigenvalue weighted by atomic mass is 10.1. The van der Waals surface area contributed by atoms with Crippen LogP contribution in [0.15, 0.2) is 58.4 Å². The van der Waals surface area contributed by atoms with Crippen LogP contribution in [0, 0.1) is 0 Å². The molecule has 2 heterocycles. The van der Waals surface area contributed by atoms with Gasteiger partial charge in [-0.05, 0) is 24.1 Å². The predicted molar refractivity (Wildman–Crippen MR) is 111 cm³/mol. The molecule has 0 aliphatic rings. The average molecular weight is 426 g/mol. The Labute approximate surface area is 176 Å². The Morgan fingerprint density at radius 1 is 1.14 bits per heavy atom. The molecule has 29 heavy (non-hydrogen) atoms. The van der Waals surface area contributed by atoms with E-state index in [1.807, 2.05) is 18.2 Å². The van der Waals surface area contributed by atoms with Crippen LogP contribution in [0.2, 0.25) is 5.02 Å². The SMILES string of the molecule is CCc1ccc(-c2nc(C(=O)OCc3nc(-c4cccc(Cl)c4)no3)cs2)cc1. The molecule has 6 nitrogen and oxygen atoms in total. The van der Waals surface area contributed by atoms with E-state index in [2.05, 4.69) is 34.2 Å². The summed E-state index contributed by atoms with van der Waals surface area (Å²) in [5.74, 6) is 0.0316. The number of esters is 1. The number of hydrogen-bond acceptors (Lipinski definition) is 7. The van der Waals surface area contributed by atoms with E-state index in [9.17, 15) is 4.79 Å². The number of benzene rings is 2. The van der Waals surface area contributed by atoms with E-state index in [-0.39, 0.29) is 18.2 Å². The van der Waals surface area contributed by atoms with Crippen LogP contribution in [0.1, 0.15) is 28.9 Å². The van der Waals surface area contributed by atoms with Crippen LogP contribution in [-0.2, 0) is 17.8 Å². The van der Waals surface area contributed by atoms with Crippen LogP contribution >= 0.6 is 22.9 Å². The zero-order valence-electron chi connectivity index (χ0n) is 15.5. The third kappa shape index (κ3) is 4.52. The first-order valence-corrected chi connectivity index (χ1v) is 10.2. The van der Waals surface area contributed by atoms with Crippen molar-refractivity contribution in [2.75, 3.05) is 0 Å². The maximum atomic E-state index is 12.3. The number of rotatable bonds is 6. The monoisotopic (exact) mass is 425 g/mol. The highest BCUT2D eigenvalue weighted by Crippen LogP contribution is 2.25. The van der Waals surface area contributed by atoms with Crippen LogP contribution in [-0.4, -0.2) is 21.1 Å². The summed E-state index contributed by atoms with van der Waals surface area (Å²) in [6.45, 7) is 1.97. The van der Waals surface area contributed by atoms with E-state index in [0.717, 1.165) is 22.6 Å². The number of aryl methyl sites for hydroxylation is 1. The van der Waals surface area contributed by atoms with Gasteiger partial charge in [0.15, 0.2) is 12.3 Å². The predicted octanol–water partition coefficient (Wildman–Crippen LogP) is 5.43. The zero-order chi connectivity index (χ0) is 20.2. The van der Waals surface area contributed by atoms with Gasteiger partial charge >= 0.3 is 5.97 Å². The zero-order valence-corrected chi connectivity index (χ0v) is 17.0. The van der Waals surface area contributed by atoms with Crippen LogP contribution in [0.25, 0.3) is 22.0 Å². The molecular weight excluding hydrogens is 410 g/mol. The number of ether oxygens (including phenoxy) is 1. The van der Waals surface area contributed by atoms with E-state index >= 15 is 0 Å². The molecular formula is C21H16ClN3O3S. The molecule has 0 amide bonds. The standard InChI is InChI=1S/C21H16ClN3O3S/c1-2-13-6-8-14(9-7-13)20-23-17(12-29-20)21(26)27-11-18-24-19(25-28-18)15-4-3-5-16(22)10-15/h3-10,12H,2,11H2,1H3. The first-order chi connectivity index (χ1) is 14.1. The smallest absolute Gasteiger partial charge is 0.358 e. The largest absolute Gasteiger partial charge is 0.451 e. The Morgan fingerprint density at radius 2 is 1.97 bits per heavy atom. The minimum absolute atomic E-state index is 0.134. The molecule has 0 N–H and O–H groups in total. The Morgan fingerprint density at radius 3 is 2.72 bits per heavy atom. The number of aromatic nitrogens is 3. The van der Waals surface area contributed by atoms with Crippen molar-refractivity contribution in [1.29, 1.82) is 0 Å².